The Morgan fingerprint density at radius 1 is 1.16 bits per heavy atom. The lowest BCUT2D eigenvalue weighted by atomic mass is 10.2. The van der Waals surface area contributed by atoms with Gasteiger partial charge in [0.15, 0.2) is 0 Å². The van der Waals surface area contributed by atoms with Crippen LogP contribution < -0.4 is 11.1 Å². The first-order valence-corrected chi connectivity index (χ1v) is 8.10. The number of amides is 1. The summed E-state index contributed by atoms with van der Waals surface area (Å²) < 4.78 is 5.72. The standard InChI is InChI=1S/C20H17ClN2O2/c1-13-11-16(22)5-8-18(13)23-20(24)10-7-17-6-9-19(25-17)14-3-2-4-15(21)12-14/h2-12H,22H2,1H3,(H,23,24)/b10-7+. The number of nitrogen functional groups attached to an aromatic ring is 1. The predicted molar refractivity (Wildman–Crippen MR) is 102 cm³/mol. The summed E-state index contributed by atoms with van der Waals surface area (Å²) in [6.45, 7) is 1.89. The smallest absolute Gasteiger partial charge is 0.248 e. The molecule has 2 aromatic carbocycles. The number of carbonyl (C=O) groups excluding carboxylic acids is 1. The number of carbonyl (C=O) groups is 1. The molecule has 0 aliphatic carbocycles. The highest BCUT2D eigenvalue weighted by atomic mass is 35.5. The average molecular weight is 353 g/mol. The molecule has 0 atom stereocenters. The molecule has 3 aromatic rings. The van der Waals surface area contributed by atoms with E-state index in [0.717, 1.165) is 16.8 Å². The Bertz CT molecular complexity index is 944. The molecule has 0 saturated carbocycles. The molecule has 1 heterocycles. The molecule has 1 aromatic heterocycles. The molecule has 0 radical (unpaired) electrons. The van der Waals surface area contributed by atoms with Crippen molar-refractivity contribution in [2.24, 2.45) is 0 Å². The van der Waals surface area contributed by atoms with E-state index in [2.05, 4.69) is 5.32 Å². The van der Waals surface area contributed by atoms with Crippen LogP contribution in [0.2, 0.25) is 5.02 Å². The van der Waals surface area contributed by atoms with E-state index in [9.17, 15) is 4.79 Å². The van der Waals surface area contributed by atoms with Crippen LogP contribution in [0.4, 0.5) is 11.4 Å². The highest BCUT2D eigenvalue weighted by Crippen LogP contribution is 2.25. The SMILES string of the molecule is Cc1cc(N)ccc1NC(=O)/C=C/c1ccc(-c2cccc(Cl)c2)o1. The minimum Gasteiger partial charge on any atom is -0.457 e. The summed E-state index contributed by atoms with van der Waals surface area (Å²) in [5.74, 6) is 1.03. The highest BCUT2D eigenvalue weighted by Gasteiger charge is 2.05. The lowest BCUT2D eigenvalue weighted by Gasteiger charge is -2.06. The largest absolute Gasteiger partial charge is 0.457 e. The summed E-state index contributed by atoms with van der Waals surface area (Å²) >= 11 is 5.99. The van der Waals surface area contributed by atoms with Crippen LogP contribution in [0, 0.1) is 6.92 Å². The molecule has 3 rings (SSSR count). The van der Waals surface area contributed by atoms with Gasteiger partial charge in [-0.1, -0.05) is 23.7 Å². The summed E-state index contributed by atoms with van der Waals surface area (Å²) in [5.41, 5.74) is 8.88. The van der Waals surface area contributed by atoms with E-state index < -0.39 is 0 Å². The van der Waals surface area contributed by atoms with E-state index in [0.29, 0.717) is 22.2 Å². The Morgan fingerprint density at radius 3 is 2.76 bits per heavy atom. The molecule has 4 nitrogen and oxygen atoms in total. The normalized spacial score (nSPS) is 11.0. The summed E-state index contributed by atoms with van der Waals surface area (Å²) in [4.78, 5) is 12.1. The molecule has 25 heavy (non-hydrogen) atoms. The maximum absolute atomic E-state index is 12.1. The van der Waals surface area contributed by atoms with Gasteiger partial charge in [0.2, 0.25) is 5.91 Å². The molecule has 3 N–H and O–H groups in total. The highest BCUT2D eigenvalue weighted by molar-refractivity contribution is 6.30. The predicted octanol–water partition coefficient (Wildman–Crippen LogP) is 5.14. The van der Waals surface area contributed by atoms with Crippen molar-refractivity contribution in [3.63, 3.8) is 0 Å². The van der Waals surface area contributed by atoms with Gasteiger partial charge in [-0.15, -0.1) is 0 Å². The fourth-order valence-electron chi connectivity index (χ4n) is 2.40. The molecule has 1 amide bonds. The number of nitrogens with two attached hydrogens (primary N) is 1. The van der Waals surface area contributed by atoms with Gasteiger partial charge in [-0.3, -0.25) is 4.79 Å². The van der Waals surface area contributed by atoms with Crippen LogP contribution in [0.5, 0.6) is 0 Å². The van der Waals surface area contributed by atoms with E-state index >= 15 is 0 Å². The van der Waals surface area contributed by atoms with Gasteiger partial charge in [0.1, 0.15) is 11.5 Å². The van der Waals surface area contributed by atoms with Gasteiger partial charge in [-0.05, 0) is 61.0 Å². The maximum Gasteiger partial charge on any atom is 0.248 e. The van der Waals surface area contributed by atoms with Crippen LogP contribution in [0.25, 0.3) is 17.4 Å². The zero-order chi connectivity index (χ0) is 17.8. The van der Waals surface area contributed by atoms with E-state index in [-0.39, 0.29) is 5.91 Å². The molecule has 126 valence electrons. The molecule has 0 aliphatic rings. The number of hydrogen-bond donors (Lipinski definition) is 2. The molecule has 5 heteroatoms. The van der Waals surface area contributed by atoms with Crippen molar-refractivity contribution in [1.82, 2.24) is 0 Å². The van der Waals surface area contributed by atoms with Crippen molar-refractivity contribution in [2.45, 2.75) is 6.92 Å². The first-order valence-electron chi connectivity index (χ1n) is 7.72. The van der Waals surface area contributed by atoms with Crippen LogP contribution in [0.1, 0.15) is 11.3 Å². The molecule has 0 fully saturated rings. The number of nitrogens with one attached hydrogen (secondary N) is 1. The number of furan rings is 1. The van der Waals surface area contributed by atoms with Crippen molar-refractivity contribution in [2.75, 3.05) is 11.1 Å². The zero-order valence-corrected chi connectivity index (χ0v) is 14.4. The summed E-state index contributed by atoms with van der Waals surface area (Å²) in [5, 5.41) is 3.46. The second kappa shape index (κ2) is 7.28. The lowest BCUT2D eigenvalue weighted by Crippen LogP contribution is -2.09. The van der Waals surface area contributed by atoms with Gasteiger partial charge in [-0.2, -0.15) is 0 Å². The molecular formula is C20H17ClN2O2. The molecule has 0 saturated heterocycles. The van der Waals surface area contributed by atoms with Crippen LogP contribution >= 0.6 is 11.6 Å². The van der Waals surface area contributed by atoms with Gasteiger partial charge in [0.05, 0.1) is 0 Å². The van der Waals surface area contributed by atoms with Gasteiger partial charge in [0.25, 0.3) is 0 Å². The Morgan fingerprint density at radius 2 is 2.00 bits per heavy atom. The number of anilines is 2. The third kappa shape index (κ3) is 4.31. The van der Waals surface area contributed by atoms with Gasteiger partial charge in [-0.25, -0.2) is 0 Å². The minimum atomic E-state index is -0.242. The first kappa shape index (κ1) is 16.9. The summed E-state index contributed by atoms with van der Waals surface area (Å²) in [6, 6.07) is 16.4. The molecule has 0 spiro atoms. The number of rotatable bonds is 4. The van der Waals surface area contributed by atoms with Crippen molar-refractivity contribution in [1.29, 1.82) is 0 Å². The minimum absolute atomic E-state index is 0.242. The van der Waals surface area contributed by atoms with Crippen LogP contribution in [0.15, 0.2) is 65.1 Å². The van der Waals surface area contributed by atoms with E-state index in [1.165, 1.54) is 6.08 Å². The Kier molecular flexibility index (Phi) is 4.91. The van der Waals surface area contributed by atoms with E-state index in [1.54, 1.807) is 30.3 Å². The number of benzene rings is 2. The van der Waals surface area contributed by atoms with Gasteiger partial charge < -0.3 is 15.5 Å². The summed E-state index contributed by atoms with van der Waals surface area (Å²) in [7, 11) is 0. The number of halogens is 1. The molecule has 0 aliphatic heterocycles. The van der Waals surface area contributed by atoms with Crippen LogP contribution in [0.3, 0.4) is 0 Å². The third-order valence-electron chi connectivity index (χ3n) is 3.64. The first-order chi connectivity index (χ1) is 12.0. The second-order valence-electron chi connectivity index (χ2n) is 5.61. The quantitative estimate of drug-likeness (QED) is 0.504. The van der Waals surface area contributed by atoms with E-state index in [1.807, 2.05) is 37.3 Å². The topological polar surface area (TPSA) is 68.3 Å². The zero-order valence-electron chi connectivity index (χ0n) is 13.6. The number of hydrogen-bond acceptors (Lipinski definition) is 3. The van der Waals surface area contributed by atoms with Crippen LogP contribution in [-0.2, 0) is 4.79 Å². The second-order valence-corrected chi connectivity index (χ2v) is 6.05. The van der Waals surface area contributed by atoms with Crippen LogP contribution in [-0.4, -0.2) is 5.91 Å². The third-order valence-corrected chi connectivity index (χ3v) is 3.88. The van der Waals surface area contributed by atoms with Crippen molar-refractivity contribution >= 4 is 35.0 Å². The van der Waals surface area contributed by atoms with Gasteiger partial charge >= 0.3 is 0 Å². The monoisotopic (exact) mass is 352 g/mol. The fraction of sp³-hybridized carbons (Fsp3) is 0.0500. The Hall–Kier alpha value is -2.98. The van der Waals surface area contributed by atoms with Gasteiger partial charge in [0, 0.05) is 28.0 Å². The maximum atomic E-state index is 12.1. The number of aryl methyl sites for hydroxylation is 1. The average Bonchev–Trinajstić information content (AvgIpc) is 3.05. The summed E-state index contributed by atoms with van der Waals surface area (Å²) in [6.07, 6.45) is 3.05. The molecule has 0 unspecified atom stereocenters. The van der Waals surface area contributed by atoms with Crippen molar-refractivity contribution in [3.05, 3.63) is 77.0 Å². The van der Waals surface area contributed by atoms with E-state index in [4.69, 9.17) is 21.8 Å². The lowest BCUT2D eigenvalue weighted by molar-refractivity contribution is -0.111. The molecular weight excluding hydrogens is 336 g/mol. The fourth-order valence-corrected chi connectivity index (χ4v) is 2.59. The van der Waals surface area contributed by atoms with Crippen molar-refractivity contribution < 1.29 is 9.21 Å². The Balaban J connectivity index is 1.69. The van der Waals surface area contributed by atoms with Crippen molar-refractivity contribution in [3.8, 4) is 11.3 Å². The molecule has 0 bridgehead atoms. The Labute approximate surface area is 150 Å².